The molecule has 0 radical (unpaired) electrons. The predicted molar refractivity (Wildman–Crippen MR) is 146 cm³/mol. The molecule has 1 saturated heterocycles. The minimum absolute atomic E-state index is 0.520. The molecule has 176 valence electrons. The van der Waals surface area contributed by atoms with Crippen LogP contribution in [-0.2, 0) is 0 Å². The minimum Gasteiger partial charge on any atom is -0.385 e. The average molecular weight is 490 g/mol. The summed E-state index contributed by atoms with van der Waals surface area (Å²) in [6, 6.07) is 8.89. The molecule has 7 heteroatoms. The van der Waals surface area contributed by atoms with E-state index in [1.54, 1.807) is 11.3 Å². The first kappa shape index (κ1) is 23.1. The van der Waals surface area contributed by atoms with E-state index >= 15 is 0 Å². The van der Waals surface area contributed by atoms with E-state index in [1.807, 2.05) is 31.1 Å². The fourth-order valence-corrected chi connectivity index (χ4v) is 6.62. The number of hydrogen-bond acceptors (Lipinski definition) is 7. The molecule has 2 N–H and O–H groups in total. The average Bonchev–Trinajstić information content (AvgIpc) is 3.31. The Morgan fingerprint density at radius 2 is 2.06 bits per heavy atom. The lowest BCUT2D eigenvalue weighted by Gasteiger charge is -2.34. The van der Waals surface area contributed by atoms with Crippen molar-refractivity contribution in [2.75, 3.05) is 24.6 Å². The number of pyridine rings is 1. The van der Waals surface area contributed by atoms with Crippen molar-refractivity contribution < 1.29 is 0 Å². The van der Waals surface area contributed by atoms with Gasteiger partial charge in [-0.15, -0.1) is 11.3 Å². The third-order valence-electron chi connectivity index (χ3n) is 6.54. The van der Waals surface area contributed by atoms with E-state index in [9.17, 15) is 5.41 Å². The van der Waals surface area contributed by atoms with Crippen LogP contribution in [0, 0.1) is 12.3 Å². The Morgan fingerprint density at radius 3 is 2.82 bits per heavy atom. The van der Waals surface area contributed by atoms with Gasteiger partial charge in [0.05, 0.1) is 21.3 Å². The van der Waals surface area contributed by atoms with Crippen LogP contribution in [0.1, 0.15) is 36.8 Å². The van der Waals surface area contributed by atoms with Crippen molar-refractivity contribution >= 4 is 39.6 Å². The van der Waals surface area contributed by atoms with Gasteiger partial charge in [-0.3, -0.25) is 10.4 Å². The molecule has 0 spiro atoms. The van der Waals surface area contributed by atoms with Gasteiger partial charge in [0.15, 0.2) is 0 Å². The highest BCUT2D eigenvalue weighted by molar-refractivity contribution is 7.99. The van der Waals surface area contributed by atoms with Gasteiger partial charge in [-0.2, -0.15) is 11.8 Å². The molecule has 0 atom stereocenters. The molecule has 3 aromatic rings. The minimum atomic E-state index is 0.520. The van der Waals surface area contributed by atoms with Crippen molar-refractivity contribution in [1.82, 2.24) is 20.2 Å². The summed E-state index contributed by atoms with van der Waals surface area (Å²) in [5, 5.41) is 16.3. The second-order valence-electron chi connectivity index (χ2n) is 8.91. The van der Waals surface area contributed by atoms with E-state index in [2.05, 4.69) is 58.7 Å². The van der Waals surface area contributed by atoms with Gasteiger partial charge >= 0.3 is 0 Å². The van der Waals surface area contributed by atoms with Crippen molar-refractivity contribution in [3.8, 4) is 10.6 Å². The number of hydrogen-bond donors (Lipinski definition) is 2. The molecular weight excluding hydrogens is 458 g/mol. The number of fused-ring (bicyclic) bond motifs is 1. The number of thioether (sulfide) groups is 1. The van der Waals surface area contributed by atoms with E-state index in [1.165, 1.54) is 30.0 Å². The van der Waals surface area contributed by atoms with Crippen molar-refractivity contribution in [1.29, 1.82) is 5.41 Å². The number of nitrogens with one attached hydrogen (secondary N) is 2. The summed E-state index contributed by atoms with van der Waals surface area (Å²) in [5.41, 5.74) is 4.86. The van der Waals surface area contributed by atoms with Crippen LogP contribution in [0.15, 0.2) is 60.2 Å². The fourth-order valence-electron chi connectivity index (χ4n) is 4.77. The summed E-state index contributed by atoms with van der Waals surface area (Å²) < 4.78 is 0. The van der Waals surface area contributed by atoms with Crippen LogP contribution >= 0.6 is 23.1 Å². The molecule has 2 aromatic heterocycles. The molecule has 0 bridgehead atoms. The van der Waals surface area contributed by atoms with E-state index < -0.39 is 0 Å². The van der Waals surface area contributed by atoms with Gasteiger partial charge in [0.25, 0.3) is 0 Å². The van der Waals surface area contributed by atoms with Crippen molar-refractivity contribution in [3.05, 3.63) is 70.8 Å². The maximum atomic E-state index is 9.31. The molecule has 5 nitrogen and oxygen atoms in total. The van der Waals surface area contributed by atoms with Crippen molar-refractivity contribution in [2.24, 2.45) is 0 Å². The Labute approximate surface area is 209 Å². The van der Waals surface area contributed by atoms with Crippen molar-refractivity contribution in [3.63, 3.8) is 0 Å². The van der Waals surface area contributed by atoms with Crippen LogP contribution in [-0.4, -0.2) is 51.2 Å². The van der Waals surface area contributed by atoms with E-state index in [0.29, 0.717) is 11.8 Å². The smallest absolute Gasteiger partial charge is 0.0901 e. The van der Waals surface area contributed by atoms with Gasteiger partial charge in [0.2, 0.25) is 0 Å². The largest absolute Gasteiger partial charge is 0.385 e. The number of aryl methyl sites for hydroxylation is 1. The Balaban J connectivity index is 1.51. The number of benzene rings is 1. The van der Waals surface area contributed by atoms with Crippen LogP contribution in [0.2, 0.25) is 0 Å². The molecule has 0 amide bonds. The predicted octanol–water partition coefficient (Wildman–Crippen LogP) is 6.01. The molecular formula is C27H31N5S2. The maximum absolute atomic E-state index is 9.31. The molecule has 1 fully saturated rings. The number of aromatic nitrogens is 2. The monoisotopic (exact) mass is 489 g/mol. The molecule has 0 aliphatic carbocycles. The van der Waals surface area contributed by atoms with Crippen LogP contribution in [0.25, 0.3) is 21.3 Å². The van der Waals surface area contributed by atoms with E-state index in [-0.39, 0.29) is 0 Å². The fraction of sp³-hybridized carbons (Fsp3) is 0.370. The van der Waals surface area contributed by atoms with E-state index in [0.717, 1.165) is 57.0 Å². The highest BCUT2D eigenvalue weighted by Crippen LogP contribution is 2.30. The van der Waals surface area contributed by atoms with Crippen LogP contribution in [0.5, 0.6) is 0 Å². The molecule has 34 heavy (non-hydrogen) atoms. The Bertz CT molecular complexity index is 1250. The zero-order chi connectivity index (χ0) is 23.5. The quantitative estimate of drug-likeness (QED) is 0.415. The number of thiazole rings is 1. The van der Waals surface area contributed by atoms with Crippen LogP contribution in [0.3, 0.4) is 0 Å². The Hall–Kier alpha value is -2.64. The SMILES string of the molecule is C/C=C\N1CCC(NC2CCSCC2)=C(C(=N)c2cccc3cc(-c4cnc(C)s4)ncc23)C1. The number of rotatable bonds is 6. The molecule has 1 aromatic carbocycles. The van der Waals surface area contributed by atoms with Crippen LogP contribution < -0.4 is 5.32 Å². The first-order chi connectivity index (χ1) is 16.6. The molecule has 2 aliphatic rings. The lowest BCUT2D eigenvalue weighted by molar-refractivity contribution is 0.377. The van der Waals surface area contributed by atoms with Crippen molar-refractivity contribution in [2.45, 2.75) is 39.2 Å². The highest BCUT2D eigenvalue weighted by atomic mass is 32.2. The van der Waals surface area contributed by atoms with Gasteiger partial charge in [-0.25, -0.2) is 4.98 Å². The highest BCUT2D eigenvalue weighted by Gasteiger charge is 2.25. The second kappa shape index (κ2) is 10.3. The molecule has 0 saturated carbocycles. The summed E-state index contributed by atoms with van der Waals surface area (Å²) in [6.45, 7) is 5.82. The first-order valence-electron chi connectivity index (χ1n) is 12.0. The Kier molecular flexibility index (Phi) is 7.02. The third kappa shape index (κ3) is 4.91. The Morgan fingerprint density at radius 1 is 1.21 bits per heavy atom. The first-order valence-corrected chi connectivity index (χ1v) is 13.9. The zero-order valence-electron chi connectivity index (χ0n) is 19.8. The molecule has 2 aliphatic heterocycles. The van der Waals surface area contributed by atoms with Gasteiger partial charge in [-0.1, -0.05) is 24.3 Å². The lowest BCUT2D eigenvalue weighted by Crippen LogP contribution is -2.39. The summed E-state index contributed by atoms with van der Waals surface area (Å²) in [5.74, 6) is 2.44. The standard InChI is InChI=1S/C27H31N5S2/c1-3-10-32-11-7-24(31-20-8-12-33-13-9-20)23(17-32)27(28)21-6-4-5-19-14-25(30-15-22(19)21)26-16-29-18(2)34-26/h3-6,10,14-16,20,28,31H,7-9,11-13,17H2,1-2H3/b10-3-,28-27?. The maximum Gasteiger partial charge on any atom is 0.0901 e. The zero-order valence-corrected chi connectivity index (χ0v) is 21.4. The van der Waals surface area contributed by atoms with Gasteiger partial charge < -0.3 is 10.2 Å². The van der Waals surface area contributed by atoms with Crippen LogP contribution in [0.4, 0.5) is 0 Å². The lowest BCUT2D eigenvalue weighted by atomic mass is 9.92. The normalized spacial score (nSPS) is 17.6. The van der Waals surface area contributed by atoms with E-state index in [4.69, 9.17) is 4.98 Å². The second-order valence-corrected chi connectivity index (χ2v) is 11.4. The molecule has 5 rings (SSSR count). The van der Waals surface area contributed by atoms with Gasteiger partial charge in [0.1, 0.15) is 0 Å². The van der Waals surface area contributed by atoms with Gasteiger partial charge in [-0.05, 0) is 55.8 Å². The molecule has 0 unspecified atom stereocenters. The number of allylic oxidation sites excluding steroid dienone is 1. The summed E-state index contributed by atoms with van der Waals surface area (Å²) >= 11 is 3.71. The molecule has 4 heterocycles. The van der Waals surface area contributed by atoms with Gasteiger partial charge in [0, 0.05) is 60.2 Å². The summed E-state index contributed by atoms with van der Waals surface area (Å²) in [4.78, 5) is 12.5. The summed E-state index contributed by atoms with van der Waals surface area (Å²) in [7, 11) is 0. The number of nitrogens with zero attached hydrogens (tertiary/aromatic N) is 3. The third-order valence-corrected chi connectivity index (χ3v) is 8.53. The summed E-state index contributed by atoms with van der Waals surface area (Å²) in [6.07, 6.45) is 11.4. The topological polar surface area (TPSA) is 64.9 Å².